The minimum Gasteiger partial charge on any atom is -0.411 e. The van der Waals surface area contributed by atoms with Gasteiger partial charge in [0.1, 0.15) is 11.6 Å². The Morgan fingerprint density at radius 3 is 1.62 bits per heavy atom. The Morgan fingerprint density at radius 2 is 1.22 bits per heavy atom. The van der Waals surface area contributed by atoms with E-state index in [9.17, 15) is 0 Å². The highest BCUT2D eigenvalue weighted by molar-refractivity contribution is 6.38. The third-order valence-electron chi connectivity index (χ3n) is 7.14. The summed E-state index contributed by atoms with van der Waals surface area (Å²) in [6.07, 6.45) is 3.34. The van der Waals surface area contributed by atoms with Crippen molar-refractivity contribution < 1.29 is 30.3 Å². The summed E-state index contributed by atoms with van der Waals surface area (Å²) in [5, 5.41) is 51.7. The average Bonchev–Trinajstić information content (AvgIpc) is 3.89. The molecule has 0 amide bonds. The number of hydrogen-bond acceptors (Lipinski definition) is 11. The van der Waals surface area contributed by atoms with Crippen LogP contribution in [0.3, 0.4) is 0 Å². The van der Waals surface area contributed by atoms with Crippen LogP contribution in [0.5, 0.6) is 0 Å². The number of nitrogens with zero attached hydrogens (tertiary/aromatic N) is 6. The van der Waals surface area contributed by atoms with E-state index in [0.717, 1.165) is 22.6 Å². The molecule has 0 fully saturated rings. The predicted octanol–water partition coefficient (Wildman–Crippen LogP) is 13.1. The normalized spacial score (nSPS) is 15.1. The Labute approximate surface area is 391 Å². The molecule has 60 heavy (non-hydrogen) atoms. The van der Waals surface area contributed by atoms with Crippen LogP contribution in [0, 0.1) is 0 Å². The molecule has 2 aliphatic rings. The molecule has 0 saturated carbocycles. The van der Waals surface area contributed by atoms with E-state index >= 15 is 0 Å². The molecule has 0 spiro atoms. The zero-order valence-electron chi connectivity index (χ0n) is 30.2. The van der Waals surface area contributed by atoms with Gasteiger partial charge in [-0.05, 0) is 54.1 Å². The van der Waals surface area contributed by atoms with Crippen molar-refractivity contribution in [2.45, 2.75) is 38.0 Å². The Bertz CT molecular complexity index is 2130. The van der Waals surface area contributed by atoms with Gasteiger partial charge in [-0.15, -0.1) is 6.58 Å². The maximum Gasteiger partial charge on any atom is 0.156 e. The number of halogens is 9. The summed E-state index contributed by atoms with van der Waals surface area (Å²) in [7, 11) is 0. The van der Waals surface area contributed by atoms with Crippen molar-refractivity contribution in [3.8, 4) is 0 Å². The van der Waals surface area contributed by atoms with Crippen LogP contribution in [0.4, 0.5) is 0 Å². The number of hydroxylamine groups is 1. The summed E-state index contributed by atoms with van der Waals surface area (Å²) in [5.41, 5.74) is 13.7. The molecule has 6 rings (SSSR count). The van der Waals surface area contributed by atoms with Gasteiger partial charge in [0.25, 0.3) is 0 Å². The van der Waals surface area contributed by atoms with E-state index in [1.165, 1.54) is 12.3 Å². The predicted molar refractivity (Wildman–Crippen MR) is 246 cm³/mol. The monoisotopic (exact) mass is 1000 g/mol. The minimum atomic E-state index is -0.713. The van der Waals surface area contributed by atoms with E-state index in [1.54, 1.807) is 72.8 Å². The van der Waals surface area contributed by atoms with E-state index in [0.29, 0.717) is 64.1 Å². The van der Waals surface area contributed by atoms with Gasteiger partial charge in [0.2, 0.25) is 0 Å². The van der Waals surface area contributed by atoms with Crippen LogP contribution in [-0.4, -0.2) is 70.2 Å². The largest absolute Gasteiger partial charge is 0.411 e. The van der Waals surface area contributed by atoms with Crippen molar-refractivity contribution in [2.24, 2.45) is 20.6 Å². The van der Waals surface area contributed by atoms with Crippen LogP contribution in [0.25, 0.3) is 10.4 Å². The van der Waals surface area contributed by atoms with Gasteiger partial charge in [-0.2, -0.15) is 5.48 Å². The number of aliphatic hydroxyl groups excluding tert-OH is 2. The van der Waals surface area contributed by atoms with Crippen molar-refractivity contribution in [2.75, 3.05) is 19.8 Å². The molecule has 5 N–H and O–H groups in total. The van der Waals surface area contributed by atoms with Crippen molar-refractivity contribution in [1.82, 2.24) is 5.48 Å². The van der Waals surface area contributed by atoms with Crippen LogP contribution in [-0.2, 0) is 9.68 Å². The van der Waals surface area contributed by atoms with Crippen LogP contribution < -0.4 is 5.48 Å². The summed E-state index contributed by atoms with van der Waals surface area (Å²) >= 11 is 52.1. The second-order valence-electron chi connectivity index (χ2n) is 11.3. The number of rotatable bonds is 9. The molecule has 0 radical (unpaired) electrons. The maximum absolute atomic E-state index is 8.89. The number of oxime groups is 3. The third kappa shape index (κ3) is 19.2. The Balaban J connectivity index is 0.000000391. The van der Waals surface area contributed by atoms with Crippen molar-refractivity contribution in [1.29, 1.82) is 0 Å². The van der Waals surface area contributed by atoms with Gasteiger partial charge < -0.3 is 30.3 Å². The lowest BCUT2D eigenvalue weighted by Crippen LogP contribution is -2.12. The smallest absolute Gasteiger partial charge is 0.156 e. The molecule has 2 heterocycles. The van der Waals surface area contributed by atoms with E-state index < -0.39 is 5.50 Å². The van der Waals surface area contributed by atoms with E-state index in [2.05, 4.69) is 32.1 Å². The van der Waals surface area contributed by atoms with Gasteiger partial charge in [0, 0.05) is 65.1 Å². The molecule has 4 aromatic rings. The van der Waals surface area contributed by atoms with Crippen LogP contribution in [0.15, 0.2) is 106 Å². The van der Waals surface area contributed by atoms with Gasteiger partial charge in [-0.25, -0.2) is 0 Å². The first-order chi connectivity index (χ1) is 28.2. The van der Waals surface area contributed by atoms with Crippen molar-refractivity contribution in [3.05, 3.63) is 158 Å². The molecule has 0 aliphatic carbocycles. The second kappa shape index (κ2) is 29.9. The highest BCUT2D eigenvalue weighted by Gasteiger charge is 2.24. The molecule has 324 valence electrons. The van der Waals surface area contributed by atoms with Gasteiger partial charge in [-0.3, -0.25) is 0 Å². The van der Waals surface area contributed by atoms with Gasteiger partial charge in [0.15, 0.2) is 6.10 Å². The number of azide groups is 1. The summed E-state index contributed by atoms with van der Waals surface area (Å²) in [5.74, 6) is 0. The molecule has 0 aromatic heterocycles. The lowest BCUT2D eigenvalue weighted by molar-refractivity contribution is 0.0390. The third-order valence-corrected chi connectivity index (χ3v) is 9.69. The fraction of sp³-hybridized carbons (Fsp3) is 0.237. The van der Waals surface area contributed by atoms with E-state index in [-0.39, 0.29) is 39.4 Å². The zero-order valence-corrected chi connectivity index (χ0v) is 37.1. The molecule has 13 nitrogen and oxygen atoms in total. The number of alkyl halides is 1. The molecule has 4 aromatic carbocycles. The fourth-order valence-electron chi connectivity index (χ4n) is 4.39. The molecule has 0 bridgehead atoms. The lowest BCUT2D eigenvalue weighted by Gasteiger charge is -2.08. The van der Waals surface area contributed by atoms with Crippen LogP contribution >= 0.6 is 104 Å². The molecule has 3 atom stereocenters. The van der Waals surface area contributed by atoms with E-state index in [1.807, 2.05) is 5.48 Å². The molecule has 2 aliphatic heterocycles. The summed E-state index contributed by atoms with van der Waals surface area (Å²) in [6, 6.07) is 20.2. The summed E-state index contributed by atoms with van der Waals surface area (Å²) in [6.45, 7) is 3.53. The molecular weight excluding hydrogens is 970 g/mol. The Kier molecular flexibility index (Phi) is 27.4. The van der Waals surface area contributed by atoms with Crippen LogP contribution in [0.1, 0.15) is 48.0 Å². The second-order valence-corrected chi connectivity index (χ2v) is 15.1. The van der Waals surface area contributed by atoms with Gasteiger partial charge >= 0.3 is 0 Å². The maximum atomic E-state index is 8.89. The van der Waals surface area contributed by atoms with Crippen molar-refractivity contribution in [3.63, 3.8) is 0 Å². The first-order valence-corrected chi connectivity index (χ1v) is 20.0. The zero-order chi connectivity index (χ0) is 43.9. The molecule has 22 heteroatoms. The molecule has 1 unspecified atom stereocenters. The quantitative estimate of drug-likeness (QED) is 0.0126. The topological polar surface area (TPSA) is 197 Å². The Hall–Kier alpha value is -3.21. The minimum absolute atomic E-state index is 0. The molecular formula is C38H38Cl9N7O6. The number of hydrogen-bond donors (Lipinski definition) is 5. The average molecular weight is 1010 g/mol. The van der Waals surface area contributed by atoms with Gasteiger partial charge in [0.05, 0.1) is 52.5 Å². The SMILES string of the molecule is C.C=CCO.O/N=C/c1ccc(Cl)cc1Cl.OC[C@H]1CC(c2ccc(Cl)cc2Cl)=NO1.ONC(Cl)c1ccc(Cl)cc1Cl.[N-]=[N+]=NC[C@H]1CC(c2ccc(Cl)cc2Cl)=NO1. The number of benzene rings is 4. The van der Waals surface area contributed by atoms with E-state index in [4.69, 9.17) is 140 Å². The number of aliphatic hydroxyl groups is 2. The summed E-state index contributed by atoms with van der Waals surface area (Å²) in [4.78, 5) is 12.8. The Morgan fingerprint density at radius 1 is 0.767 bits per heavy atom. The number of nitrogens with one attached hydrogen (secondary N) is 1. The van der Waals surface area contributed by atoms with Crippen molar-refractivity contribution >= 4 is 122 Å². The van der Waals surface area contributed by atoms with Gasteiger partial charge in [-0.1, -0.05) is 163 Å². The first kappa shape index (κ1) is 54.8. The standard InChI is InChI=1S/C10H8Cl2N4O.C10H9Cl2NO2.C7H6Cl3NO.C7H5Cl2NO.C3H6O.CH4/c11-6-1-2-8(9(12)3-6)10-4-7(17-15-10)5-14-16-13;11-6-1-2-8(9(12)3-6)10-4-7(5-14)15-13-10;8-4-1-2-5(6(9)3-4)7(10)11-12;8-6-2-1-5(4-10-11)7(9)3-6;1-2-3-4;/h1-3,7H,4-5H2;1-3,7,14H,4-5H2;1-3,7,11-12H;1-4,11H;2,4H,1,3H2;1H4/b;;;10-4+;;/t2*7-;;;;/m11..../s1. The fourth-order valence-corrected chi connectivity index (χ4v) is 6.65. The lowest BCUT2D eigenvalue weighted by atomic mass is 10.1. The highest BCUT2D eigenvalue weighted by atomic mass is 35.5. The highest BCUT2D eigenvalue weighted by Crippen LogP contribution is 2.29. The molecule has 0 saturated heterocycles. The summed E-state index contributed by atoms with van der Waals surface area (Å²) < 4.78 is 0. The first-order valence-electron chi connectivity index (χ1n) is 16.5. The van der Waals surface area contributed by atoms with Crippen LogP contribution in [0.2, 0.25) is 40.2 Å².